The second-order valence-electron chi connectivity index (χ2n) is 3.90. The van der Waals surface area contributed by atoms with E-state index in [4.69, 9.17) is 28.3 Å². The van der Waals surface area contributed by atoms with Crippen molar-refractivity contribution >= 4 is 39.2 Å². The van der Waals surface area contributed by atoms with Gasteiger partial charge in [-0.1, -0.05) is 40.9 Å². The highest BCUT2D eigenvalue weighted by Crippen LogP contribution is 2.28. The van der Waals surface area contributed by atoms with Crippen molar-refractivity contribution in [3.8, 4) is 0 Å². The molecule has 6 nitrogen and oxygen atoms in total. The van der Waals surface area contributed by atoms with E-state index in [-0.39, 0.29) is 10.0 Å². The van der Waals surface area contributed by atoms with E-state index >= 15 is 0 Å². The van der Waals surface area contributed by atoms with E-state index < -0.39 is 27.0 Å². The number of benzene rings is 1. The molecule has 1 aromatic carbocycles. The molecular weight excluding hydrogens is 327 g/mol. The first-order chi connectivity index (χ1) is 9.25. The summed E-state index contributed by atoms with van der Waals surface area (Å²) in [7, 11) is -4.18. The molecule has 9 heteroatoms. The number of nitrogens with zero attached hydrogens (tertiary/aromatic N) is 2. The zero-order valence-electron chi connectivity index (χ0n) is 10.0. The molecule has 1 N–H and O–H groups in total. The molecule has 0 radical (unpaired) electrons. The average Bonchev–Trinajstić information content (AvgIpc) is 2.67. The summed E-state index contributed by atoms with van der Waals surface area (Å²) in [6.07, 6.45) is 0. The van der Waals surface area contributed by atoms with Gasteiger partial charge in [-0.15, -0.1) is 0 Å². The Hall–Kier alpha value is -1.57. The van der Waals surface area contributed by atoms with Crippen LogP contribution < -0.4 is 0 Å². The zero-order chi connectivity index (χ0) is 15.1. The summed E-state index contributed by atoms with van der Waals surface area (Å²) < 4.78 is 25.2. The summed E-state index contributed by atoms with van der Waals surface area (Å²) in [5.74, 6) is -2.31. The third-order valence-electron chi connectivity index (χ3n) is 2.50. The largest absolute Gasteiger partial charge is 0.475 e. The van der Waals surface area contributed by atoms with E-state index in [0.717, 1.165) is 5.56 Å². The fraction of sp³-hybridized carbons (Fsp3) is 0.0909. The number of hydrogen-bond acceptors (Lipinski definition) is 4. The van der Waals surface area contributed by atoms with E-state index in [0.29, 0.717) is 3.97 Å². The Morgan fingerprint density at radius 1 is 1.25 bits per heavy atom. The Balaban J connectivity index is 2.72. The first-order valence-electron chi connectivity index (χ1n) is 5.24. The quantitative estimate of drug-likeness (QED) is 0.930. The van der Waals surface area contributed by atoms with Crippen molar-refractivity contribution in [1.82, 2.24) is 8.96 Å². The molecule has 0 fully saturated rings. The smallest absolute Gasteiger partial charge is 0.373 e. The van der Waals surface area contributed by atoms with Crippen LogP contribution >= 0.6 is 23.2 Å². The number of hydrogen-bond donors (Lipinski definition) is 1. The molecule has 0 saturated carbocycles. The number of imidazole rings is 1. The Labute approximate surface area is 124 Å². The van der Waals surface area contributed by atoms with Gasteiger partial charge in [-0.25, -0.2) is 18.2 Å². The molecule has 0 aliphatic heterocycles. The number of rotatable bonds is 3. The van der Waals surface area contributed by atoms with Crippen molar-refractivity contribution in [3.05, 3.63) is 46.0 Å². The van der Waals surface area contributed by atoms with Crippen LogP contribution in [0.3, 0.4) is 0 Å². The van der Waals surface area contributed by atoms with Crippen LogP contribution in [0.4, 0.5) is 0 Å². The predicted molar refractivity (Wildman–Crippen MR) is 73.0 cm³/mol. The Morgan fingerprint density at radius 2 is 1.80 bits per heavy atom. The topological polar surface area (TPSA) is 89.3 Å². The molecule has 2 rings (SSSR count). The van der Waals surface area contributed by atoms with E-state index in [1.807, 2.05) is 0 Å². The van der Waals surface area contributed by atoms with Crippen molar-refractivity contribution in [3.63, 3.8) is 0 Å². The third-order valence-corrected chi connectivity index (χ3v) is 5.01. The molecule has 0 spiro atoms. The molecule has 20 heavy (non-hydrogen) atoms. The maximum Gasteiger partial charge on any atom is 0.373 e. The van der Waals surface area contributed by atoms with Crippen LogP contribution in [0.25, 0.3) is 0 Å². The summed E-state index contributed by atoms with van der Waals surface area (Å²) in [5, 5.41) is 8.14. The Morgan fingerprint density at radius 3 is 2.30 bits per heavy atom. The van der Waals surface area contributed by atoms with Crippen molar-refractivity contribution in [2.45, 2.75) is 11.8 Å². The number of carboxylic acid groups (broad SMARTS) is 1. The second-order valence-corrected chi connectivity index (χ2v) is 6.41. The lowest BCUT2D eigenvalue weighted by atomic mass is 10.2. The summed E-state index contributed by atoms with van der Waals surface area (Å²) in [6.45, 7) is 1.79. The first kappa shape index (κ1) is 14.8. The van der Waals surface area contributed by atoms with E-state index in [9.17, 15) is 13.2 Å². The summed E-state index contributed by atoms with van der Waals surface area (Å²) in [6, 6.07) is 5.86. The average molecular weight is 335 g/mol. The Bertz CT molecular complexity index is 781. The van der Waals surface area contributed by atoms with Crippen LogP contribution in [0.15, 0.2) is 29.2 Å². The number of halogens is 2. The van der Waals surface area contributed by atoms with Crippen LogP contribution in [0.1, 0.15) is 16.2 Å². The molecule has 0 atom stereocenters. The second kappa shape index (κ2) is 5.08. The lowest BCUT2D eigenvalue weighted by Crippen LogP contribution is -2.19. The number of aryl methyl sites for hydroxylation is 1. The zero-order valence-corrected chi connectivity index (χ0v) is 12.4. The molecule has 0 amide bonds. The van der Waals surface area contributed by atoms with Gasteiger partial charge in [-0.05, 0) is 19.1 Å². The van der Waals surface area contributed by atoms with Gasteiger partial charge < -0.3 is 5.11 Å². The third kappa shape index (κ3) is 2.39. The lowest BCUT2D eigenvalue weighted by molar-refractivity contribution is 0.0682. The van der Waals surface area contributed by atoms with Gasteiger partial charge in [-0.3, -0.25) is 0 Å². The minimum Gasteiger partial charge on any atom is -0.475 e. The van der Waals surface area contributed by atoms with Crippen molar-refractivity contribution in [1.29, 1.82) is 0 Å². The molecular formula is C11H8Cl2N2O4S. The predicted octanol–water partition coefficient (Wildman–Crippen LogP) is 2.43. The van der Waals surface area contributed by atoms with Crippen LogP contribution in [0, 0.1) is 6.92 Å². The summed E-state index contributed by atoms with van der Waals surface area (Å²) >= 11 is 11.4. The summed E-state index contributed by atoms with van der Waals surface area (Å²) in [5.41, 5.74) is 0.858. The van der Waals surface area contributed by atoms with Gasteiger partial charge in [0.2, 0.25) is 5.82 Å². The molecule has 1 heterocycles. The SMILES string of the molecule is Cc1ccc(S(=O)(=O)n2c(C(=O)O)nc(Cl)c2Cl)cc1. The van der Waals surface area contributed by atoms with Crippen LogP contribution in [0.5, 0.6) is 0 Å². The highest BCUT2D eigenvalue weighted by Gasteiger charge is 2.29. The molecule has 1 aromatic heterocycles. The number of aromatic nitrogens is 2. The molecule has 0 aliphatic rings. The molecule has 0 unspecified atom stereocenters. The molecule has 2 aromatic rings. The van der Waals surface area contributed by atoms with E-state index in [1.165, 1.54) is 12.1 Å². The van der Waals surface area contributed by atoms with Gasteiger partial charge in [-0.2, -0.15) is 3.97 Å². The highest BCUT2D eigenvalue weighted by atomic mass is 35.5. The highest BCUT2D eigenvalue weighted by molar-refractivity contribution is 7.90. The van der Waals surface area contributed by atoms with Gasteiger partial charge in [0, 0.05) is 0 Å². The fourth-order valence-electron chi connectivity index (χ4n) is 1.53. The van der Waals surface area contributed by atoms with Crippen molar-refractivity contribution in [2.75, 3.05) is 0 Å². The normalized spacial score (nSPS) is 11.6. The molecule has 106 valence electrons. The van der Waals surface area contributed by atoms with Crippen molar-refractivity contribution in [2.24, 2.45) is 0 Å². The van der Waals surface area contributed by atoms with Gasteiger partial charge >= 0.3 is 5.97 Å². The fourth-order valence-corrected chi connectivity index (χ4v) is 3.48. The van der Waals surface area contributed by atoms with Crippen LogP contribution in [0.2, 0.25) is 10.3 Å². The Kier molecular flexibility index (Phi) is 3.77. The minimum absolute atomic E-state index is 0.110. The van der Waals surface area contributed by atoms with E-state index in [2.05, 4.69) is 4.98 Å². The number of carbonyl (C=O) groups is 1. The van der Waals surface area contributed by atoms with Crippen LogP contribution in [-0.2, 0) is 10.0 Å². The summed E-state index contributed by atoms with van der Waals surface area (Å²) in [4.78, 5) is 14.4. The van der Waals surface area contributed by atoms with E-state index in [1.54, 1.807) is 19.1 Å². The van der Waals surface area contributed by atoms with Crippen LogP contribution in [-0.4, -0.2) is 28.5 Å². The molecule has 0 bridgehead atoms. The number of carboxylic acids is 1. The van der Waals surface area contributed by atoms with Gasteiger partial charge in [0.25, 0.3) is 10.0 Å². The molecule has 0 saturated heterocycles. The van der Waals surface area contributed by atoms with Gasteiger partial charge in [0.15, 0.2) is 10.3 Å². The molecule has 0 aliphatic carbocycles. The standard InChI is InChI=1S/C11H8Cl2N2O4S/c1-6-2-4-7(5-3-6)20(18,19)15-9(13)8(12)14-10(15)11(16)17/h2-5H,1H3,(H,16,17). The van der Waals surface area contributed by atoms with Gasteiger partial charge in [0.1, 0.15) is 0 Å². The monoisotopic (exact) mass is 334 g/mol. The minimum atomic E-state index is -4.18. The maximum atomic E-state index is 12.4. The maximum absolute atomic E-state index is 12.4. The number of aromatic carboxylic acids is 1. The lowest BCUT2D eigenvalue weighted by Gasteiger charge is -2.08. The van der Waals surface area contributed by atoms with Crippen molar-refractivity contribution < 1.29 is 18.3 Å². The first-order valence-corrected chi connectivity index (χ1v) is 7.44. The van der Waals surface area contributed by atoms with Gasteiger partial charge in [0.05, 0.1) is 4.90 Å².